The number of nitrogens with one attached hydrogen (secondary N) is 1. The summed E-state index contributed by atoms with van der Waals surface area (Å²) in [6.45, 7) is -0.821. The fraction of sp³-hybridized carbons (Fsp3) is 0.636. The van der Waals surface area contributed by atoms with Crippen molar-refractivity contribution in [3.63, 3.8) is 0 Å². The molecule has 9 heteroatoms. The quantitative estimate of drug-likeness (QED) is 0.917. The van der Waals surface area contributed by atoms with Gasteiger partial charge in [0.2, 0.25) is 5.09 Å². The Morgan fingerprint density at radius 2 is 2.20 bits per heavy atom. The van der Waals surface area contributed by atoms with E-state index in [0.717, 1.165) is 4.31 Å². The molecule has 114 valence electrons. The Hall–Kier alpha value is -1.06. The number of piperidine rings is 1. The molecule has 1 atom stereocenters. The average Bonchev–Trinajstić information content (AvgIpc) is 2.90. The lowest BCUT2D eigenvalue weighted by Gasteiger charge is -2.32. The van der Waals surface area contributed by atoms with Gasteiger partial charge in [0.15, 0.2) is 0 Å². The van der Waals surface area contributed by atoms with Crippen LogP contribution >= 0.6 is 0 Å². The lowest BCUT2D eigenvalue weighted by Crippen LogP contribution is -2.49. The van der Waals surface area contributed by atoms with E-state index >= 15 is 0 Å². The van der Waals surface area contributed by atoms with Gasteiger partial charge in [-0.2, -0.15) is 17.5 Å². The van der Waals surface area contributed by atoms with Crippen LogP contribution in [0.15, 0.2) is 27.9 Å². The van der Waals surface area contributed by atoms with E-state index in [1.807, 2.05) is 0 Å². The van der Waals surface area contributed by atoms with Crippen molar-refractivity contribution in [3.8, 4) is 0 Å². The molecule has 1 aliphatic heterocycles. The van der Waals surface area contributed by atoms with Gasteiger partial charge in [-0.3, -0.25) is 0 Å². The minimum absolute atomic E-state index is 0.0130. The Labute approximate surface area is 114 Å². The van der Waals surface area contributed by atoms with Crippen molar-refractivity contribution >= 4 is 10.0 Å². The second-order valence-electron chi connectivity index (χ2n) is 4.63. The first kappa shape index (κ1) is 15.3. The molecule has 0 amide bonds. The fourth-order valence-electron chi connectivity index (χ4n) is 2.12. The molecule has 1 aliphatic rings. The monoisotopic (exact) mass is 312 g/mol. The van der Waals surface area contributed by atoms with Gasteiger partial charge in [-0.05, 0) is 25.0 Å². The van der Waals surface area contributed by atoms with Gasteiger partial charge in [0.1, 0.15) is 0 Å². The summed E-state index contributed by atoms with van der Waals surface area (Å²) in [4.78, 5) is 0. The lowest BCUT2D eigenvalue weighted by atomic mass is 10.1. The maximum Gasteiger partial charge on any atom is 0.401 e. The second kappa shape index (κ2) is 5.74. The number of halogens is 3. The highest BCUT2D eigenvalue weighted by atomic mass is 32.2. The maximum atomic E-state index is 12.2. The van der Waals surface area contributed by atoms with Crippen LogP contribution < -0.4 is 5.32 Å². The zero-order valence-electron chi connectivity index (χ0n) is 10.6. The van der Waals surface area contributed by atoms with E-state index in [4.69, 9.17) is 4.42 Å². The van der Waals surface area contributed by atoms with Gasteiger partial charge in [-0.25, -0.2) is 8.42 Å². The van der Waals surface area contributed by atoms with Gasteiger partial charge in [-0.1, -0.05) is 0 Å². The Morgan fingerprint density at radius 1 is 1.45 bits per heavy atom. The van der Waals surface area contributed by atoms with Crippen LogP contribution in [0.2, 0.25) is 0 Å². The van der Waals surface area contributed by atoms with Crippen molar-refractivity contribution in [3.05, 3.63) is 18.4 Å². The minimum Gasteiger partial charge on any atom is -0.452 e. The highest BCUT2D eigenvalue weighted by Gasteiger charge is 2.34. The first-order valence-corrected chi connectivity index (χ1v) is 7.57. The molecule has 5 nitrogen and oxygen atoms in total. The van der Waals surface area contributed by atoms with Crippen LogP contribution in [0.4, 0.5) is 13.2 Å². The predicted molar refractivity (Wildman–Crippen MR) is 64.5 cm³/mol. The van der Waals surface area contributed by atoms with E-state index in [9.17, 15) is 21.6 Å². The number of nitrogens with zero attached hydrogens (tertiary/aromatic N) is 1. The van der Waals surface area contributed by atoms with Crippen LogP contribution in [0.1, 0.15) is 12.8 Å². The van der Waals surface area contributed by atoms with E-state index in [2.05, 4.69) is 5.32 Å². The zero-order chi connectivity index (χ0) is 14.8. The molecule has 1 unspecified atom stereocenters. The number of furan rings is 1. The van der Waals surface area contributed by atoms with Crippen molar-refractivity contribution < 1.29 is 26.0 Å². The molecule has 2 heterocycles. The molecular formula is C11H15F3N2O3S. The minimum atomic E-state index is -4.30. The molecule has 0 saturated carbocycles. The molecule has 0 aliphatic carbocycles. The van der Waals surface area contributed by atoms with Crippen LogP contribution in [0.5, 0.6) is 0 Å². The summed E-state index contributed by atoms with van der Waals surface area (Å²) >= 11 is 0. The smallest absolute Gasteiger partial charge is 0.401 e. The molecule has 1 aromatic heterocycles. The fourth-order valence-corrected chi connectivity index (χ4v) is 3.55. The molecule has 0 radical (unpaired) electrons. The molecule has 0 aromatic carbocycles. The normalized spacial score (nSPS) is 22.1. The summed E-state index contributed by atoms with van der Waals surface area (Å²) < 4.78 is 66.8. The molecule has 0 spiro atoms. The van der Waals surface area contributed by atoms with Crippen LogP contribution in [-0.2, 0) is 10.0 Å². The number of hydrogen-bond donors (Lipinski definition) is 1. The summed E-state index contributed by atoms with van der Waals surface area (Å²) in [7, 11) is -3.76. The Balaban J connectivity index is 2.00. The van der Waals surface area contributed by atoms with Crippen molar-refractivity contribution in [2.24, 2.45) is 0 Å². The van der Waals surface area contributed by atoms with Gasteiger partial charge in [0.25, 0.3) is 10.0 Å². The Kier molecular flexibility index (Phi) is 4.40. The molecule has 1 N–H and O–H groups in total. The third kappa shape index (κ3) is 3.74. The average molecular weight is 312 g/mol. The first-order valence-electron chi connectivity index (χ1n) is 6.13. The summed E-state index contributed by atoms with van der Waals surface area (Å²) in [5.74, 6) is 0. The van der Waals surface area contributed by atoms with Gasteiger partial charge in [0.05, 0.1) is 12.8 Å². The van der Waals surface area contributed by atoms with E-state index in [0.29, 0.717) is 12.8 Å². The summed E-state index contributed by atoms with van der Waals surface area (Å²) in [6, 6.07) is 2.27. The molecule has 2 rings (SSSR count). The number of hydrogen-bond acceptors (Lipinski definition) is 4. The second-order valence-corrected chi connectivity index (χ2v) is 6.50. The maximum absolute atomic E-state index is 12.2. The van der Waals surface area contributed by atoms with Crippen LogP contribution in [0.25, 0.3) is 0 Å². The molecule has 1 fully saturated rings. The number of rotatable bonds is 4. The van der Waals surface area contributed by atoms with Gasteiger partial charge in [-0.15, -0.1) is 0 Å². The van der Waals surface area contributed by atoms with Crippen molar-refractivity contribution in [2.45, 2.75) is 30.2 Å². The van der Waals surface area contributed by atoms with Crippen LogP contribution in [-0.4, -0.2) is 44.6 Å². The highest BCUT2D eigenvalue weighted by molar-refractivity contribution is 7.89. The molecular weight excluding hydrogens is 297 g/mol. The standard InChI is InChI=1S/C11H15F3N2O3S/c12-11(13,14)8-15-9-3-1-5-16(7-9)20(17,18)10-4-2-6-19-10/h2,4,6,9,15H,1,3,5,7-8H2. The number of sulfonamides is 1. The van der Waals surface area contributed by atoms with Crippen molar-refractivity contribution in [1.82, 2.24) is 9.62 Å². The summed E-state index contributed by atoms with van der Waals surface area (Å²) in [6.07, 6.45) is -2.03. The lowest BCUT2D eigenvalue weighted by molar-refractivity contribution is -0.126. The summed E-state index contributed by atoms with van der Waals surface area (Å²) in [5, 5.41) is 2.16. The van der Waals surface area contributed by atoms with Gasteiger partial charge >= 0.3 is 6.18 Å². The molecule has 20 heavy (non-hydrogen) atoms. The highest BCUT2D eigenvalue weighted by Crippen LogP contribution is 2.21. The van der Waals surface area contributed by atoms with E-state index < -0.39 is 28.8 Å². The van der Waals surface area contributed by atoms with Crippen LogP contribution in [0, 0.1) is 0 Å². The zero-order valence-corrected chi connectivity index (χ0v) is 11.4. The van der Waals surface area contributed by atoms with Gasteiger partial charge < -0.3 is 9.73 Å². The predicted octanol–water partition coefficient (Wildman–Crippen LogP) is 1.58. The number of alkyl halides is 3. The third-order valence-electron chi connectivity index (χ3n) is 3.06. The summed E-state index contributed by atoms with van der Waals surface area (Å²) in [5.41, 5.74) is 0. The SMILES string of the molecule is O=S(=O)(c1ccco1)N1CCCC(NCC(F)(F)F)C1. The largest absolute Gasteiger partial charge is 0.452 e. The molecule has 0 bridgehead atoms. The van der Waals surface area contributed by atoms with Crippen molar-refractivity contribution in [1.29, 1.82) is 0 Å². The van der Waals surface area contributed by atoms with Crippen molar-refractivity contribution in [2.75, 3.05) is 19.6 Å². The molecule has 1 aromatic rings. The van der Waals surface area contributed by atoms with Crippen LogP contribution in [0.3, 0.4) is 0 Å². The van der Waals surface area contributed by atoms with E-state index in [1.54, 1.807) is 0 Å². The van der Waals surface area contributed by atoms with E-state index in [-0.39, 0.29) is 18.2 Å². The third-order valence-corrected chi connectivity index (χ3v) is 4.82. The topological polar surface area (TPSA) is 62.6 Å². The van der Waals surface area contributed by atoms with E-state index in [1.165, 1.54) is 18.4 Å². The molecule has 1 saturated heterocycles. The first-order chi connectivity index (χ1) is 9.29. The Morgan fingerprint density at radius 3 is 2.80 bits per heavy atom. The van der Waals surface area contributed by atoms with Gasteiger partial charge in [0, 0.05) is 19.1 Å². The Bertz CT molecular complexity index is 528.